The first-order chi connectivity index (χ1) is 6.66. The maximum atomic E-state index is 11.3. The van der Waals surface area contributed by atoms with Crippen LogP contribution in [0.25, 0.3) is 10.9 Å². The monoisotopic (exact) mass is 205 g/mol. The van der Waals surface area contributed by atoms with Gasteiger partial charge in [0, 0.05) is 17.6 Å². The Labute approximate surface area is 86.2 Å². The van der Waals surface area contributed by atoms with E-state index in [1.165, 1.54) is 0 Å². The smallest absolute Gasteiger partial charge is 0.153 e. The molecular weight excluding hydrogens is 194 g/mol. The summed E-state index contributed by atoms with van der Waals surface area (Å²) in [5.74, 6) is 0. The molecule has 0 aliphatic carbocycles. The molecule has 0 amide bonds. The lowest BCUT2D eigenvalue weighted by Gasteiger charge is -2.05. The Morgan fingerprint density at radius 3 is 2.79 bits per heavy atom. The first-order valence-electron chi connectivity index (χ1n) is 4.36. The van der Waals surface area contributed by atoms with Crippen molar-refractivity contribution in [3.63, 3.8) is 0 Å². The first-order valence-corrected chi connectivity index (χ1v) is 5.92. The van der Waals surface area contributed by atoms with Gasteiger partial charge >= 0.3 is 0 Å². The quantitative estimate of drug-likeness (QED) is 0.670. The Morgan fingerprint density at radius 2 is 2.07 bits per heavy atom. The van der Waals surface area contributed by atoms with E-state index < -0.39 is 11.2 Å². The molecule has 0 spiro atoms. The van der Waals surface area contributed by atoms with Crippen molar-refractivity contribution in [3.8, 4) is 0 Å². The fraction of sp³-hybridized carbons (Fsp3) is 0.182. The summed E-state index contributed by atoms with van der Waals surface area (Å²) in [7, 11) is 0. The molecule has 0 aliphatic rings. The molecule has 72 valence electrons. The standard InChI is InChI=1S/C11H11NOS/c1-8-5-9-6-10(14(2)13)3-4-11(9)12-7-8/h3-7H,1-2H3. The molecule has 2 aromatic rings. The number of pyridine rings is 1. The van der Waals surface area contributed by atoms with E-state index in [1.807, 2.05) is 31.3 Å². The number of hydrogen-bond donors (Lipinski definition) is 0. The summed E-state index contributed by atoms with van der Waals surface area (Å²) in [5.41, 5.74) is 2.07. The number of benzene rings is 1. The van der Waals surface area contributed by atoms with Crippen LogP contribution in [0, 0.1) is 6.92 Å². The molecule has 0 aliphatic heterocycles. The maximum Gasteiger partial charge on any atom is 0.153 e. The van der Waals surface area contributed by atoms with Crippen molar-refractivity contribution in [1.82, 2.24) is 4.98 Å². The third-order valence-electron chi connectivity index (χ3n) is 2.12. The van der Waals surface area contributed by atoms with Crippen LogP contribution in [0.1, 0.15) is 5.56 Å². The normalized spacial score (nSPS) is 13.1. The number of nitrogens with zero attached hydrogens (tertiary/aromatic N) is 1. The fourth-order valence-electron chi connectivity index (χ4n) is 1.40. The van der Waals surface area contributed by atoms with Crippen molar-refractivity contribution in [2.45, 2.75) is 11.8 Å². The lowest BCUT2D eigenvalue weighted by molar-refractivity contribution is 0.601. The van der Waals surface area contributed by atoms with Gasteiger partial charge in [0.2, 0.25) is 0 Å². The van der Waals surface area contributed by atoms with E-state index in [1.54, 1.807) is 6.26 Å². The molecule has 0 saturated heterocycles. The number of aryl methyl sites for hydroxylation is 1. The minimum Gasteiger partial charge on any atom is -0.612 e. The third kappa shape index (κ3) is 1.74. The molecule has 1 unspecified atom stereocenters. The largest absolute Gasteiger partial charge is 0.612 e. The Kier molecular flexibility index (Phi) is 2.44. The second kappa shape index (κ2) is 3.59. The van der Waals surface area contributed by atoms with E-state index in [0.29, 0.717) is 0 Å². The van der Waals surface area contributed by atoms with Crippen molar-refractivity contribution in [2.75, 3.05) is 6.26 Å². The van der Waals surface area contributed by atoms with Gasteiger partial charge < -0.3 is 4.55 Å². The van der Waals surface area contributed by atoms with Crippen molar-refractivity contribution in [1.29, 1.82) is 0 Å². The third-order valence-corrected chi connectivity index (χ3v) is 3.04. The summed E-state index contributed by atoms with van der Waals surface area (Å²) in [6, 6.07) is 7.76. The highest BCUT2D eigenvalue weighted by atomic mass is 32.2. The minimum absolute atomic E-state index is 0.852. The predicted octanol–water partition coefficient (Wildman–Crippen LogP) is 2.28. The lowest BCUT2D eigenvalue weighted by atomic mass is 10.2. The zero-order chi connectivity index (χ0) is 10.1. The summed E-state index contributed by atoms with van der Waals surface area (Å²) >= 11 is -0.919. The molecule has 1 aromatic carbocycles. The molecule has 1 atom stereocenters. The summed E-state index contributed by atoms with van der Waals surface area (Å²) in [5, 5.41) is 1.05. The van der Waals surface area contributed by atoms with Gasteiger partial charge in [0.15, 0.2) is 4.90 Å². The molecular formula is C11H11NOS. The van der Waals surface area contributed by atoms with E-state index in [4.69, 9.17) is 0 Å². The molecule has 2 nitrogen and oxygen atoms in total. The average molecular weight is 205 g/mol. The molecule has 1 heterocycles. The molecule has 0 bridgehead atoms. The molecule has 0 radical (unpaired) electrons. The summed E-state index contributed by atoms with van der Waals surface area (Å²) < 4.78 is 11.3. The van der Waals surface area contributed by atoms with Crippen LogP contribution in [0.3, 0.4) is 0 Å². The highest BCUT2D eigenvalue weighted by molar-refractivity contribution is 7.90. The van der Waals surface area contributed by atoms with Crippen LogP contribution in [-0.2, 0) is 11.2 Å². The van der Waals surface area contributed by atoms with Gasteiger partial charge in [-0.2, -0.15) is 0 Å². The van der Waals surface area contributed by atoms with Gasteiger partial charge in [0.05, 0.1) is 5.52 Å². The van der Waals surface area contributed by atoms with Crippen molar-refractivity contribution in [3.05, 3.63) is 36.0 Å². The number of aromatic nitrogens is 1. The van der Waals surface area contributed by atoms with Gasteiger partial charge in [-0.3, -0.25) is 4.98 Å². The van der Waals surface area contributed by atoms with Gasteiger partial charge in [-0.25, -0.2) is 0 Å². The Balaban J connectivity index is 2.63. The molecule has 1 aromatic heterocycles. The average Bonchev–Trinajstić information content (AvgIpc) is 2.16. The SMILES string of the molecule is Cc1cnc2ccc([S+](C)[O-])cc2c1. The van der Waals surface area contributed by atoms with E-state index in [0.717, 1.165) is 21.4 Å². The zero-order valence-corrected chi connectivity index (χ0v) is 8.97. The minimum atomic E-state index is -0.919. The summed E-state index contributed by atoms with van der Waals surface area (Å²) in [4.78, 5) is 5.13. The first kappa shape index (κ1) is 9.49. The topological polar surface area (TPSA) is 36.0 Å². The second-order valence-electron chi connectivity index (χ2n) is 3.32. The van der Waals surface area contributed by atoms with Crippen molar-refractivity contribution in [2.24, 2.45) is 0 Å². The lowest BCUT2D eigenvalue weighted by Crippen LogP contribution is -1.96. The van der Waals surface area contributed by atoms with E-state index in [2.05, 4.69) is 11.1 Å². The van der Waals surface area contributed by atoms with Crippen LogP contribution < -0.4 is 0 Å². The second-order valence-corrected chi connectivity index (χ2v) is 4.70. The highest BCUT2D eigenvalue weighted by Gasteiger charge is 2.05. The van der Waals surface area contributed by atoms with Crippen LogP contribution in [0.2, 0.25) is 0 Å². The number of hydrogen-bond acceptors (Lipinski definition) is 2. The van der Waals surface area contributed by atoms with E-state index >= 15 is 0 Å². The van der Waals surface area contributed by atoms with Crippen LogP contribution in [0.4, 0.5) is 0 Å². The van der Waals surface area contributed by atoms with Crippen molar-refractivity contribution < 1.29 is 4.55 Å². The molecule has 3 heteroatoms. The highest BCUT2D eigenvalue weighted by Crippen LogP contribution is 2.18. The Bertz CT molecular complexity index is 468. The van der Waals surface area contributed by atoms with Gasteiger partial charge in [0.25, 0.3) is 0 Å². The van der Waals surface area contributed by atoms with Crippen molar-refractivity contribution >= 4 is 22.1 Å². The predicted molar refractivity (Wildman–Crippen MR) is 58.8 cm³/mol. The molecule has 14 heavy (non-hydrogen) atoms. The molecule has 2 rings (SSSR count). The molecule has 0 fully saturated rings. The van der Waals surface area contributed by atoms with Gasteiger partial charge in [-0.05, 0) is 41.9 Å². The number of rotatable bonds is 1. The van der Waals surface area contributed by atoms with Gasteiger partial charge in [0.1, 0.15) is 6.26 Å². The fourth-order valence-corrected chi connectivity index (χ4v) is 1.95. The van der Waals surface area contributed by atoms with E-state index in [9.17, 15) is 4.55 Å². The van der Waals surface area contributed by atoms with Crippen LogP contribution >= 0.6 is 0 Å². The van der Waals surface area contributed by atoms with E-state index in [-0.39, 0.29) is 0 Å². The molecule has 0 saturated carbocycles. The molecule has 0 N–H and O–H groups in total. The Hall–Kier alpha value is -1.06. The van der Waals surface area contributed by atoms with Crippen LogP contribution in [-0.4, -0.2) is 15.8 Å². The van der Waals surface area contributed by atoms with Gasteiger partial charge in [-0.15, -0.1) is 0 Å². The zero-order valence-electron chi connectivity index (χ0n) is 8.15. The summed E-state index contributed by atoms with van der Waals surface area (Å²) in [6.45, 7) is 2.00. The maximum absolute atomic E-state index is 11.3. The Morgan fingerprint density at radius 1 is 1.29 bits per heavy atom. The van der Waals surface area contributed by atoms with Gasteiger partial charge in [-0.1, -0.05) is 0 Å². The van der Waals surface area contributed by atoms with Crippen LogP contribution in [0.15, 0.2) is 35.4 Å². The summed E-state index contributed by atoms with van der Waals surface area (Å²) in [6.07, 6.45) is 3.52. The number of fused-ring (bicyclic) bond motifs is 1. The van der Waals surface area contributed by atoms with Crippen LogP contribution in [0.5, 0.6) is 0 Å².